The summed E-state index contributed by atoms with van der Waals surface area (Å²) < 4.78 is 16.5. The number of nitrogens with zero attached hydrogens (tertiary/aromatic N) is 1. The summed E-state index contributed by atoms with van der Waals surface area (Å²) >= 11 is 5.43. The molecule has 3 aromatic carbocycles. The number of amides is 1. The lowest BCUT2D eigenvalue weighted by atomic mass is 10.0. The van der Waals surface area contributed by atoms with E-state index >= 15 is 0 Å². The standard InChI is InChI=1S/C28H27N3O4S/c1-17(2)35-20-9-7-8-18(14-20)24-16-22(21-10-5-6-11-23(21)29-24)27(32)31-28(36)30-25-15-19(33-3)12-13-26(25)34-4/h5-17H,1-4H3,(H2,30,31,32,36). The molecular weight excluding hydrogens is 474 g/mol. The highest BCUT2D eigenvalue weighted by Gasteiger charge is 2.16. The molecule has 184 valence electrons. The van der Waals surface area contributed by atoms with Crippen LogP contribution in [0.3, 0.4) is 0 Å². The second-order valence-electron chi connectivity index (χ2n) is 8.24. The highest BCUT2D eigenvalue weighted by molar-refractivity contribution is 7.80. The maximum Gasteiger partial charge on any atom is 0.258 e. The van der Waals surface area contributed by atoms with Crippen LogP contribution in [0.25, 0.3) is 22.2 Å². The molecule has 0 fully saturated rings. The number of hydrogen-bond donors (Lipinski definition) is 2. The molecule has 2 N–H and O–H groups in total. The predicted octanol–water partition coefficient (Wildman–Crippen LogP) is 5.83. The van der Waals surface area contributed by atoms with Crippen molar-refractivity contribution in [1.29, 1.82) is 0 Å². The van der Waals surface area contributed by atoms with Crippen molar-refractivity contribution in [2.24, 2.45) is 0 Å². The number of hydrogen-bond acceptors (Lipinski definition) is 6. The third-order valence-electron chi connectivity index (χ3n) is 5.34. The number of nitrogens with one attached hydrogen (secondary N) is 2. The molecule has 0 spiro atoms. The number of anilines is 1. The minimum atomic E-state index is -0.358. The Kier molecular flexibility index (Phi) is 7.65. The van der Waals surface area contributed by atoms with Crippen LogP contribution < -0.4 is 24.8 Å². The minimum Gasteiger partial charge on any atom is -0.497 e. The average molecular weight is 502 g/mol. The van der Waals surface area contributed by atoms with Crippen molar-refractivity contribution in [3.05, 3.63) is 78.4 Å². The lowest BCUT2D eigenvalue weighted by Gasteiger charge is -2.15. The first-order chi connectivity index (χ1) is 17.4. The number of ether oxygens (including phenoxy) is 3. The van der Waals surface area contributed by atoms with Gasteiger partial charge in [-0.05, 0) is 62.5 Å². The van der Waals surface area contributed by atoms with Gasteiger partial charge in [0.2, 0.25) is 0 Å². The Balaban J connectivity index is 1.64. The van der Waals surface area contributed by atoms with Gasteiger partial charge in [0.1, 0.15) is 17.2 Å². The zero-order valence-electron chi connectivity index (χ0n) is 20.5. The maximum absolute atomic E-state index is 13.4. The zero-order chi connectivity index (χ0) is 25.7. The number of benzene rings is 3. The van der Waals surface area contributed by atoms with E-state index in [1.54, 1.807) is 38.5 Å². The Bertz CT molecular complexity index is 1420. The number of carbonyl (C=O) groups is 1. The fourth-order valence-corrected chi connectivity index (χ4v) is 3.95. The number of carbonyl (C=O) groups excluding carboxylic acids is 1. The first kappa shape index (κ1) is 24.9. The summed E-state index contributed by atoms with van der Waals surface area (Å²) in [4.78, 5) is 18.2. The Labute approximate surface area is 215 Å². The minimum absolute atomic E-state index is 0.0443. The number of fused-ring (bicyclic) bond motifs is 1. The molecule has 36 heavy (non-hydrogen) atoms. The van der Waals surface area contributed by atoms with Crippen molar-refractivity contribution in [3.8, 4) is 28.5 Å². The Morgan fingerprint density at radius 1 is 0.917 bits per heavy atom. The van der Waals surface area contributed by atoms with Crippen molar-refractivity contribution in [2.75, 3.05) is 19.5 Å². The predicted molar refractivity (Wildman–Crippen MR) is 146 cm³/mol. The van der Waals surface area contributed by atoms with E-state index in [2.05, 4.69) is 10.6 Å². The summed E-state index contributed by atoms with van der Waals surface area (Å²) in [6.07, 6.45) is 0.0443. The summed E-state index contributed by atoms with van der Waals surface area (Å²) in [5, 5.41) is 6.64. The summed E-state index contributed by atoms with van der Waals surface area (Å²) in [5.41, 5.74) is 3.22. The summed E-state index contributed by atoms with van der Waals surface area (Å²) in [7, 11) is 3.13. The number of thiocarbonyl (C=S) groups is 1. The quantitative estimate of drug-likeness (QED) is 0.308. The van der Waals surface area contributed by atoms with Gasteiger partial charge in [-0.15, -0.1) is 0 Å². The van der Waals surface area contributed by atoms with Crippen LogP contribution in [-0.2, 0) is 0 Å². The molecule has 0 radical (unpaired) electrons. The second kappa shape index (κ2) is 11.0. The van der Waals surface area contributed by atoms with E-state index in [-0.39, 0.29) is 17.1 Å². The fourth-order valence-electron chi connectivity index (χ4n) is 3.75. The Morgan fingerprint density at radius 3 is 2.47 bits per heavy atom. The van der Waals surface area contributed by atoms with Gasteiger partial charge in [-0.2, -0.15) is 0 Å². The maximum atomic E-state index is 13.4. The molecule has 0 aliphatic carbocycles. The van der Waals surface area contributed by atoms with E-state index in [9.17, 15) is 4.79 Å². The van der Waals surface area contributed by atoms with Crippen LogP contribution in [0.2, 0.25) is 0 Å². The number of rotatable bonds is 7. The number of aromatic nitrogens is 1. The zero-order valence-corrected chi connectivity index (χ0v) is 21.3. The molecule has 1 aromatic heterocycles. The molecular formula is C28H27N3O4S. The molecule has 1 heterocycles. The van der Waals surface area contributed by atoms with Gasteiger partial charge in [-0.3, -0.25) is 10.1 Å². The first-order valence-corrected chi connectivity index (χ1v) is 11.8. The molecule has 1 amide bonds. The van der Waals surface area contributed by atoms with Crippen LogP contribution in [0.5, 0.6) is 17.2 Å². The fraction of sp³-hybridized carbons (Fsp3) is 0.179. The lowest BCUT2D eigenvalue weighted by molar-refractivity contribution is 0.0979. The van der Waals surface area contributed by atoms with Crippen molar-refractivity contribution in [1.82, 2.24) is 10.3 Å². The molecule has 0 saturated carbocycles. The van der Waals surface area contributed by atoms with Crippen LogP contribution in [0.15, 0.2) is 72.8 Å². The van der Waals surface area contributed by atoms with E-state index in [4.69, 9.17) is 31.4 Å². The van der Waals surface area contributed by atoms with Crippen molar-refractivity contribution >= 4 is 39.8 Å². The van der Waals surface area contributed by atoms with Crippen LogP contribution in [0.1, 0.15) is 24.2 Å². The van der Waals surface area contributed by atoms with Crippen LogP contribution >= 0.6 is 12.2 Å². The molecule has 4 rings (SSSR count). The summed E-state index contributed by atoms with van der Waals surface area (Å²) in [6, 6.07) is 22.2. The number of methoxy groups -OCH3 is 2. The molecule has 0 aliphatic rings. The molecule has 8 heteroatoms. The largest absolute Gasteiger partial charge is 0.497 e. The van der Waals surface area contributed by atoms with Gasteiger partial charge in [0.25, 0.3) is 5.91 Å². The summed E-state index contributed by atoms with van der Waals surface area (Å²) in [5.74, 6) is 1.57. The van der Waals surface area contributed by atoms with E-state index in [1.165, 1.54) is 0 Å². The third-order valence-corrected chi connectivity index (χ3v) is 5.55. The molecule has 0 unspecified atom stereocenters. The summed E-state index contributed by atoms with van der Waals surface area (Å²) in [6.45, 7) is 3.95. The highest BCUT2D eigenvalue weighted by Crippen LogP contribution is 2.30. The van der Waals surface area contributed by atoms with E-state index in [0.717, 1.165) is 16.7 Å². The smallest absolute Gasteiger partial charge is 0.258 e. The lowest BCUT2D eigenvalue weighted by Crippen LogP contribution is -2.34. The van der Waals surface area contributed by atoms with Gasteiger partial charge >= 0.3 is 0 Å². The Morgan fingerprint density at radius 2 is 1.72 bits per heavy atom. The third kappa shape index (κ3) is 5.72. The monoisotopic (exact) mass is 501 g/mol. The van der Waals surface area contributed by atoms with Gasteiger partial charge in [0.15, 0.2) is 5.11 Å². The van der Waals surface area contributed by atoms with Crippen LogP contribution in [-0.4, -0.2) is 36.3 Å². The van der Waals surface area contributed by atoms with Gasteiger partial charge in [-0.25, -0.2) is 4.98 Å². The SMILES string of the molecule is COc1ccc(OC)c(NC(=S)NC(=O)c2cc(-c3cccc(OC(C)C)c3)nc3ccccc23)c1. The van der Waals surface area contributed by atoms with Gasteiger partial charge in [0.05, 0.1) is 42.8 Å². The normalized spacial score (nSPS) is 10.7. The van der Waals surface area contributed by atoms with Gasteiger partial charge < -0.3 is 19.5 Å². The van der Waals surface area contributed by atoms with Crippen LogP contribution in [0, 0.1) is 0 Å². The van der Waals surface area contributed by atoms with Gasteiger partial charge in [-0.1, -0.05) is 30.3 Å². The molecule has 0 atom stereocenters. The van der Waals surface area contributed by atoms with Crippen molar-refractivity contribution < 1.29 is 19.0 Å². The van der Waals surface area contributed by atoms with E-state index < -0.39 is 0 Å². The average Bonchev–Trinajstić information content (AvgIpc) is 2.87. The Hall–Kier alpha value is -4.17. The highest BCUT2D eigenvalue weighted by atomic mass is 32.1. The van der Waals surface area contributed by atoms with Crippen molar-refractivity contribution in [3.63, 3.8) is 0 Å². The topological polar surface area (TPSA) is 81.7 Å². The van der Waals surface area contributed by atoms with E-state index in [1.807, 2.05) is 62.4 Å². The second-order valence-corrected chi connectivity index (χ2v) is 8.65. The number of para-hydroxylation sites is 1. The van der Waals surface area contributed by atoms with Crippen LogP contribution in [0.4, 0.5) is 5.69 Å². The van der Waals surface area contributed by atoms with Gasteiger partial charge in [0, 0.05) is 17.0 Å². The molecule has 0 aliphatic heterocycles. The molecule has 0 saturated heterocycles. The van der Waals surface area contributed by atoms with E-state index in [0.29, 0.717) is 34.0 Å². The molecule has 7 nitrogen and oxygen atoms in total. The molecule has 4 aromatic rings. The number of pyridine rings is 1. The molecule has 0 bridgehead atoms. The first-order valence-electron chi connectivity index (χ1n) is 11.4. The van der Waals surface area contributed by atoms with Crippen molar-refractivity contribution in [2.45, 2.75) is 20.0 Å².